The zero-order valence-corrected chi connectivity index (χ0v) is 16.0. The smallest absolute Gasteiger partial charge is 0.250 e. The summed E-state index contributed by atoms with van der Waals surface area (Å²) in [6.07, 6.45) is 2.98. The summed E-state index contributed by atoms with van der Waals surface area (Å²) in [5.74, 6) is 0. The summed E-state index contributed by atoms with van der Waals surface area (Å²) in [4.78, 5) is 3.96. The summed E-state index contributed by atoms with van der Waals surface area (Å²) in [5.41, 5.74) is 0.435. The molecular formula is C15H14N2O4S4. The van der Waals surface area contributed by atoms with Gasteiger partial charge in [0.15, 0.2) is 9.84 Å². The van der Waals surface area contributed by atoms with Crippen molar-refractivity contribution in [1.82, 2.24) is 9.71 Å². The van der Waals surface area contributed by atoms with Crippen LogP contribution in [0.1, 0.15) is 10.8 Å². The van der Waals surface area contributed by atoms with Gasteiger partial charge in [0, 0.05) is 18.9 Å². The van der Waals surface area contributed by atoms with Crippen molar-refractivity contribution in [3.63, 3.8) is 0 Å². The predicted octanol–water partition coefficient (Wildman–Crippen LogP) is 2.70. The highest BCUT2D eigenvalue weighted by molar-refractivity contribution is 7.94. The fraction of sp³-hybridized carbons (Fsp3) is 0.133. The Hall–Kier alpha value is -1.59. The average molecular weight is 415 g/mol. The van der Waals surface area contributed by atoms with Crippen molar-refractivity contribution in [2.75, 3.05) is 6.54 Å². The van der Waals surface area contributed by atoms with Crippen LogP contribution in [0.15, 0.2) is 68.0 Å². The lowest BCUT2D eigenvalue weighted by atomic mass is 10.2. The van der Waals surface area contributed by atoms with Gasteiger partial charge in [-0.3, -0.25) is 4.98 Å². The number of hydrogen-bond acceptors (Lipinski definition) is 7. The van der Waals surface area contributed by atoms with Crippen LogP contribution in [0.5, 0.6) is 0 Å². The minimum Gasteiger partial charge on any atom is -0.264 e. The molecule has 0 aliphatic rings. The molecule has 3 aromatic rings. The van der Waals surface area contributed by atoms with Crippen LogP contribution in [0.2, 0.25) is 0 Å². The van der Waals surface area contributed by atoms with E-state index >= 15 is 0 Å². The maximum Gasteiger partial charge on any atom is 0.250 e. The second-order valence-electron chi connectivity index (χ2n) is 5.04. The third kappa shape index (κ3) is 3.98. The Morgan fingerprint density at radius 1 is 0.960 bits per heavy atom. The molecule has 3 heterocycles. The highest BCUT2D eigenvalue weighted by Crippen LogP contribution is 2.31. The van der Waals surface area contributed by atoms with Gasteiger partial charge in [0.05, 0.1) is 0 Å². The van der Waals surface area contributed by atoms with Crippen LogP contribution in [-0.4, -0.2) is 28.4 Å². The summed E-state index contributed by atoms with van der Waals surface area (Å²) in [6.45, 7) is -0.272. The second kappa shape index (κ2) is 7.34. The number of sulfone groups is 1. The molecule has 3 aromatic heterocycles. The molecule has 25 heavy (non-hydrogen) atoms. The third-order valence-electron chi connectivity index (χ3n) is 3.42. The first-order chi connectivity index (χ1) is 11.9. The topological polar surface area (TPSA) is 93.2 Å². The summed E-state index contributed by atoms with van der Waals surface area (Å²) < 4.78 is 53.3. The molecule has 0 fully saturated rings. The zero-order chi connectivity index (χ0) is 17.9. The second-order valence-corrected chi connectivity index (χ2v) is 11.3. The van der Waals surface area contributed by atoms with E-state index < -0.39 is 25.1 Å². The largest absolute Gasteiger partial charge is 0.264 e. The van der Waals surface area contributed by atoms with Crippen molar-refractivity contribution in [3.05, 3.63) is 65.1 Å². The van der Waals surface area contributed by atoms with Crippen molar-refractivity contribution < 1.29 is 16.8 Å². The molecule has 0 saturated carbocycles. The van der Waals surface area contributed by atoms with E-state index in [-0.39, 0.29) is 15.0 Å². The average Bonchev–Trinajstić information content (AvgIpc) is 3.30. The van der Waals surface area contributed by atoms with E-state index in [9.17, 15) is 16.8 Å². The Bertz CT molecular complexity index is 1010. The van der Waals surface area contributed by atoms with Crippen molar-refractivity contribution in [2.45, 2.75) is 13.7 Å². The quantitative estimate of drug-likeness (QED) is 0.642. The molecule has 6 nitrogen and oxygen atoms in total. The molecule has 0 aromatic carbocycles. The van der Waals surface area contributed by atoms with E-state index in [0.717, 1.165) is 22.7 Å². The number of rotatable bonds is 7. The predicted molar refractivity (Wildman–Crippen MR) is 98.0 cm³/mol. The maximum atomic E-state index is 12.9. The molecule has 0 aliphatic heterocycles. The van der Waals surface area contributed by atoms with Gasteiger partial charge in [-0.05, 0) is 34.5 Å². The van der Waals surface area contributed by atoms with Gasteiger partial charge in [-0.25, -0.2) is 21.6 Å². The highest BCUT2D eigenvalue weighted by Gasteiger charge is 2.31. The molecule has 0 amide bonds. The molecule has 1 unspecified atom stereocenters. The summed E-state index contributed by atoms with van der Waals surface area (Å²) in [5, 5.41) is 2.26. The van der Waals surface area contributed by atoms with Crippen molar-refractivity contribution in [1.29, 1.82) is 0 Å². The number of nitrogens with zero attached hydrogens (tertiary/aromatic N) is 1. The standard InChI is InChI=1S/C15H14N2O4S4/c18-24(19,14-5-2-8-22-14)13(12-4-1-7-16-10-12)11-17-25(20,21)15-6-3-9-23-15/h1-10,13,17H,11H2. The highest BCUT2D eigenvalue weighted by atomic mass is 32.2. The molecule has 3 rings (SSSR count). The first kappa shape index (κ1) is 18.2. The first-order valence-electron chi connectivity index (χ1n) is 7.12. The molecule has 10 heteroatoms. The Labute approximate surface area is 154 Å². The van der Waals surface area contributed by atoms with Crippen LogP contribution in [0.3, 0.4) is 0 Å². The number of aromatic nitrogens is 1. The van der Waals surface area contributed by atoms with Gasteiger partial charge in [0.2, 0.25) is 10.0 Å². The Morgan fingerprint density at radius 2 is 1.64 bits per heavy atom. The lowest BCUT2D eigenvalue weighted by molar-refractivity contribution is 0.570. The number of hydrogen-bond donors (Lipinski definition) is 1. The monoisotopic (exact) mass is 414 g/mol. The molecule has 0 saturated heterocycles. The maximum absolute atomic E-state index is 12.9. The molecule has 0 spiro atoms. The Kier molecular flexibility index (Phi) is 5.35. The van der Waals surface area contributed by atoms with Gasteiger partial charge in [-0.1, -0.05) is 18.2 Å². The zero-order valence-electron chi connectivity index (χ0n) is 12.8. The fourth-order valence-corrected chi connectivity index (χ4v) is 7.25. The minimum absolute atomic E-state index is 0.144. The SMILES string of the molecule is O=S(=O)(NCC(c1cccnc1)S(=O)(=O)c1cccs1)c1cccs1. The molecular weight excluding hydrogens is 400 g/mol. The van der Waals surface area contributed by atoms with Crippen LogP contribution >= 0.6 is 22.7 Å². The lowest BCUT2D eigenvalue weighted by Gasteiger charge is -2.17. The molecule has 0 radical (unpaired) electrons. The molecule has 0 bridgehead atoms. The normalized spacial score (nSPS) is 13.6. The van der Waals surface area contributed by atoms with E-state index in [1.165, 1.54) is 24.5 Å². The van der Waals surface area contributed by atoms with Crippen LogP contribution in [0, 0.1) is 0 Å². The number of nitrogens with one attached hydrogen (secondary N) is 1. The molecule has 0 aliphatic carbocycles. The van der Waals surface area contributed by atoms with Crippen LogP contribution in [0.4, 0.5) is 0 Å². The van der Waals surface area contributed by atoms with E-state index in [0.29, 0.717) is 5.56 Å². The summed E-state index contributed by atoms with van der Waals surface area (Å²) >= 11 is 2.17. The molecule has 1 N–H and O–H groups in total. The molecule has 132 valence electrons. The van der Waals surface area contributed by atoms with Crippen molar-refractivity contribution in [2.24, 2.45) is 0 Å². The van der Waals surface area contributed by atoms with Gasteiger partial charge >= 0.3 is 0 Å². The summed E-state index contributed by atoms with van der Waals surface area (Å²) in [6, 6.07) is 9.51. The lowest BCUT2D eigenvalue weighted by Crippen LogP contribution is -2.31. The number of sulfonamides is 1. The van der Waals surface area contributed by atoms with Crippen LogP contribution < -0.4 is 4.72 Å². The first-order valence-corrected chi connectivity index (χ1v) is 11.9. The van der Waals surface area contributed by atoms with Gasteiger partial charge in [0.25, 0.3) is 0 Å². The number of pyridine rings is 1. The van der Waals surface area contributed by atoms with Gasteiger partial charge in [0.1, 0.15) is 13.7 Å². The van der Waals surface area contributed by atoms with E-state index in [4.69, 9.17) is 0 Å². The summed E-state index contributed by atoms with van der Waals surface area (Å²) in [7, 11) is -7.51. The van der Waals surface area contributed by atoms with E-state index in [1.807, 2.05) is 0 Å². The fourth-order valence-electron chi connectivity index (χ4n) is 2.21. The van der Waals surface area contributed by atoms with Crippen LogP contribution in [0.25, 0.3) is 0 Å². The minimum atomic E-state index is -3.76. The van der Waals surface area contributed by atoms with E-state index in [1.54, 1.807) is 35.0 Å². The van der Waals surface area contributed by atoms with Crippen molar-refractivity contribution >= 4 is 42.5 Å². The van der Waals surface area contributed by atoms with Crippen molar-refractivity contribution in [3.8, 4) is 0 Å². The Balaban J connectivity index is 1.93. The Morgan fingerprint density at radius 3 is 2.20 bits per heavy atom. The molecule has 1 atom stereocenters. The van der Waals surface area contributed by atoms with E-state index in [2.05, 4.69) is 9.71 Å². The third-order valence-corrected chi connectivity index (χ3v) is 9.78. The number of thiophene rings is 2. The van der Waals surface area contributed by atoms with Gasteiger partial charge in [-0.2, -0.15) is 0 Å². The van der Waals surface area contributed by atoms with Crippen LogP contribution in [-0.2, 0) is 19.9 Å². The van der Waals surface area contributed by atoms with Gasteiger partial charge < -0.3 is 0 Å². The van der Waals surface area contributed by atoms with Gasteiger partial charge in [-0.15, -0.1) is 22.7 Å².